The summed E-state index contributed by atoms with van der Waals surface area (Å²) in [5, 5.41) is 54.2. The topological polar surface area (TPSA) is 149 Å². The van der Waals surface area contributed by atoms with Crippen molar-refractivity contribution in [3.05, 3.63) is 158 Å². The Morgan fingerprint density at radius 2 is 0.875 bits per heavy atom. The van der Waals surface area contributed by atoms with Gasteiger partial charge in [-0.15, -0.1) is 0 Å². The fraction of sp³-hybridized carbons (Fsp3) is 0.571. The normalized spacial score (nSPS) is 20.5. The van der Waals surface area contributed by atoms with E-state index in [4.69, 9.17) is 9.47 Å². The molecular weight excluding hydrogens is 899 g/mol. The molecule has 6 N–H and O–H groups in total. The van der Waals surface area contributed by atoms with E-state index in [9.17, 15) is 30.3 Å². The second-order valence-electron chi connectivity index (χ2n) is 18.3. The highest BCUT2D eigenvalue weighted by molar-refractivity contribution is 5.76. The van der Waals surface area contributed by atoms with Gasteiger partial charge in [-0.1, -0.05) is 210 Å². The summed E-state index contributed by atoms with van der Waals surface area (Å²) in [6, 6.07) is -0.851. The van der Waals surface area contributed by atoms with Crippen LogP contribution < -0.4 is 5.32 Å². The van der Waals surface area contributed by atoms with Crippen LogP contribution in [0.25, 0.3) is 0 Å². The SMILES string of the molecule is CC/C=C\C/C=C\C/C=C\C/C=C\C/C=C\C/C=C\C/C=C\C/C=C\C/C=C\C/C=C\C/C=C\CCCCCC(=O)NC(COC1OC(CO)C(O)C(O)C1O)C(O)/C=C/CC/C=C/CCCCCCCC. The first kappa shape index (κ1) is 65.8. The molecule has 7 unspecified atom stereocenters. The zero-order valence-electron chi connectivity index (χ0n) is 44.6. The lowest BCUT2D eigenvalue weighted by molar-refractivity contribution is -0.302. The minimum Gasteiger partial charge on any atom is -0.394 e. The zero-order chi connectivity index (χ0) is 52.2. The van der Waals surface area contributed by atoms with Crippen molar-refractivity contribution in [1.29, 1.82) is 0 Å². The van der Waals surface area contributed by atoms with Crippen molar-refractivity contribution in [3.8, 4) is 0 Å². The Kier molecular flexibility index (Phi) is 46.0. The lowest BCUT2D eigenvalue weighted by atomic mass is 9.99. The molecule has 7 atom stereocenters. The number of aliphatic hydroxyl groups is 5. The van der Waals surface area contributed by atoms with Crippen LogP contribution in [-0.4, -0.2) is 87.5 Å². The van der Waals surface area contributed by atoms with E-state index in [-0.39, 0.29) is 18.9 Å². The standard InChI is InChI=1S/C63H99NO8/c1-3-5-7-9-11-13-15-17-18-19-20-21-22-23-24-25-26-27-28-29-30-31-32-33-34-35-36-37-38-39-40-41-43-45-47-49-51-53-59(67)64-56(55-71-63-62(70)61(69)60(68)58(54-65)72-63)57(66)52-50-48-46-44-42-16-14-12-10-8-6-4-2/h5,7,11,13,17-18,20-21,23-24,26-27,29-30,32-33,35-36,38-39,41-44,50,52,56-58,60-63,65-66,68-70H,3-4,6,8-10,12,14-16,19,22,25,28,31,34,37,40,45-49,51,53-55H2,1-2H3,(H,64,67)/b7-5-,13-11-,18-17-,21-20-,24-23-,27-26-,30-29-,33-32-,36-35-,39-38-,43-41-,44-42+,52-50+. The second kappa shape index (κ2) is 50.3. The summed E-state index contributed by atoms with van der Waals surface area (Å²) >= 11 is 0. The van der Waals surface area contributed by atoms with Crippen LogP contribution in [0.2, 0.25) is 0 Å². The van der Waals surface area contributed by atoms with Gasteiger partial charge < -0.3 is 40.3 Å². The second-order valence-corrected chi connectivity index (χ2v) is 18.3. The molecule has 1 amide bonds. The third-order valence-corrected chi connectivity index (χ3v) is 11.8. The van der Waals surface area contributed by atoms with Crippen LogP contribution in [0.1, 0.15) is 174 Å². The summed E-state index contributed by atoms with van der Waals surface area (Å²) in [5.41, 5.74) is 0. The molecule has 1 heterocycles. The molecule has 72 heavy (non-hydrogen) atoms. The van der Waals surface area contributed by atoms with E-state index in [0.29, 0.717) is 6.42 Å². The fourth-order valence-corrected chi connectivity index (χ4v) is 7.47. The maximum absolute atomic E-state index is 13.0. The Bertz CT molecular complexity index is 1680. The number of rotatable bonds is 44. The summed E-state index contributed by atoms with van der Waals surface area (Å²) < 4.78 is 11.2. The highest BCUT2D eigenvalue weighted by atomic mass is 16.7. The predicted octanol–water partition coefficient (Wildman–Crippen LogP) is 13.7. The van der Waals surface area contributed by atoms with Crippen LogP contribution in [0.15, 0.2) is 158 Å². The summed E-state index contributed by atoms with van der Waals surface area (Å²) in [4.78, 5) is 13.0. The number of carbonyl (C=O) groups is 1. The highest BCUT2D eigenvalue weighted by Gasteiger charge is 2.44. The minimum absolute atomic E-state index is 0.225. The summed E-state index contributed by atoms with van der Waals surface area (Å²) in [7, 11) is 0. The van der Waals surface area contributed by atoms with Crippen LogP contribution in [0, 0.1) is 0 Å². The Balaban J connectivity index is 2.24. The average Bonchev–Trinajstić information content (AvgIpc) is 3.38. The molecule has 0 aromatic heterocycles. The van der Waals surface area contributed by atoms with E-state index in [0.717, 1.165) is 109 Å². The molecular formula is C63H99NO8. The molecule has 0 aromatic carbocycles. The molecule has 0 spiro atoms. The lowest BCUT2D eigenvalue weighted by Gasteiger charge is -2.40. The van der Waals surface area contributed by atoms with Crippen LogP contribution >= 0.6 is 0 Å². The zero-order valence-corrected chi connectivity index (χ0v) is 44.6. The van der Waals surface area contributed by atoms with Gasteiger partial charge in [-0.25, -0.2) is 0 Å². The highest BCUT2D eigenvalue weighted by Crippen LogP contribution is 2.22. The van der Waals surface area contributed by atoms with E-state index in [1.54, 1.807) is 6.08 Å². The van der Waals surface area contributed by atoms with Crippen LogP contribution in [0.4, 0.5) is 0 Å². The summed E-state index contributed by atoms with van der Waals surface area (Å²) in [6.45, 7) is 3.58. The molecule has 1 saturated heterocycles. The van der Waals surface area contributed by atoms with E-state index >= 15 is 0 Å². The van der Waals surface area contributed by atoms with E-state index in [1.807, 2.05) is 6.08 Å². The number of hydrogen-bond donors (Lipinski definition) is 6. The Labute approximate surface area is 437 Å². The van der Waals surface area contributed by atoms with Crippen molar-refractivity contribution in [2.24, 2.45) is 0 Å². The van der Waals surface area contributed by atoms with Crippen molar-refractivity contribution < 1.29 is 39.8 Å². The molecule has 9 nitrogen and oxygen atoms in total. The molecule has 1 fully saturated rings. The van der Waals surface area contributed by atoms with Crippen molar-refractivity contribution in [1.82, 2.24) is 5.32 Å². The number of nitrogens with one attached hydrogen (secondary N) is 1. The molecule has 9 heteroatoms. The van der Waals surface area contributed by atoms with E-state index in [1.165, 1.54) is 38.5 Å². The molecule has 0 saturated carbocycles. The van der Waals surface area contributed by atoms with Crippen molar-refractivity contribution >= 4 is 5.91 Å². The van der Waals surface area contributed by atoms with Gasteiger partial charge in [0.2, 0.25) is 5.91 Å². The number of carbonyl (C=O) groups excluding carboxylic acids is 1. The molecule has 0 radical (unpaired) electrons. The summed E-state index contributed by atoms with van der Waals surface area (Å²) in [5.74, 6) is -0.228. The maximum Gasteiger partial charge on any atom is 0.220 e. The molecule has 0 aliphatic carbocycles. The molecule has 0 aromatic rings. The molecule has 404 valence electrons. The number of aliphatic hydroxyl groups excluding tert-OH is 5. The van der Waals surface area contributed by atoms with E-state index < -0.39 is 49.5 Å². The van der Waals surface area contributed by atoms with Crippen LogP contribution in [-0.2, 0) is 14.3 Å². The maximum atomic E-state index is 13.0. The third-order valence-electron chi connectivity index (χ3n) is 11.8. The minimum atomic E-state index is -1.59. The third kappa shape index (κ3) is 39.4. The monoisotopic (exact) mass is 998 g/mol. The average molecular weight is 998 g/mol. The Morgan fingerprint density at radius 1 is 0.486 bits per heavy atom. The summed E-state index contributed by atoms with van der Waals surface area (Å²) in [6.07, 6.45) is 73.1. The van der Waals surface area contributed by atoms with Gasteiger partial charge in [0.15, 0.2) is 6.29 Å². The quantitative estimate of drug-likeness (QED) is 0.0261. The van der Waals surface area contributed by atoms with E-state index in [2.05, 4.69) is 165 Å². The first-order chi connectivity index (χ1) is 35.3. The number of amides is 1. The largest absolute Gasteiger partial charge is 0.394 e. The van der Waals surface area contributed by atoms with Gasteiger partial charge in [0.05, 0.1) is 25.4 Å². The molecule has 1 aliphatic heterocycles. The first-order valence-corrected chi connectivity index (χ1v) is 27.7. The molecule has 1 aliphatic rings. The number of ether oxygens (including phenoxy) is 2. The van der Waals surface area contributed by atoms with Crippen LogP contribution in [0.3, 0.4) is 0 Å². The predicted molar refractivity (Wildman–Crippen MR) is 303 cm³/mol. The Hall–Kier alpha value is -4.19. The van der Waals surface area contributed by atoms with Gasteiger partial charge in [-0.05, 0) is 116 Å². The van der Waals surface area contributed by atoms with Crippen molar-refractivity contribution in [2.75, 3.05) is 13.2 Å². The van der Waals surface area contributed by atoms with Gasteiger partial charge in [-0.3, -0.25) is 4.79 Å². The van der Waals surface area contributed by atoms with Crippen LogP contribution in [0.5, 0.6) is 0 Å². The number of hydrogen-bond acceptors (Lipinski definition) is 8. The molecule has 1 rings (SSSR count). The molecule has 0 bridgehead atoms. The lowest BCUT2D eigenvalue weighted by Crippen LogP contribution is -2.60. The number of unbranched alkanes of at least 4 members (excludes halogenated alkanes) is 10. The van der Waals surface area contributed by atoms with Gasteiger partial charge >= 0.3 is 0 Å². The first-order valence-electron chi connectivity index (χ1n) is 27.7. The van der Waals surface area contributed by atoms with Crippen molar-refractivity contribution in [2.45, 2.75) is 217 Å². The van der Waals surface area contributed by atoms with Gasteiger partial charge in [0, 0.05) is 6.42 Å². The van der Waals surface area contributed by atoms with Gasteiger partial charge in [0.1, 0.15) is 24.4 Å². The van der Waals surface area contributed by atoms with Gasteiger partial charge in [0.25, 0.3) is 0 Å². The number of allylic oxidation sites excluding steroid dienone is 25. The smallest absolute Gasteiger partial charge is 0.220 e. The Morgan fingerprint density at radius 3 is 1.33 bits per heavy atom. The van der Waals surface area contributed by atoms with Crippen molar-refractivity contribution in [3.63, 3.8) is 0 Å². The van der Waals surface area contributed by atoms with Gasteiger partial charge in [-0.2, -0.15) is 0 Å². The fourth-order valence-electron chi connectivity index (χ4n) is 7.47.